The molecule has 0 aliphatic heterocycles. The number of hydrogen-bond acceptors (Lipinski definition) is 2. The fourth-order valence-electron chi connectivity index (χ4n) is 2.07. The lowest BCUT2D eigenvalue weighted by atomic mass is 10.0. The molecule has 114 valence electrons. The molecule has 1 aromatic rings. The van der Waals surface area contributed by atoms with Crippen molar-refractivity contribution >= 4 is 29.1 Å². The van der Waals surface area contributed by atoms with E-state index in [2.05, 4.69) is 10.6 Å². The van der Waals surface area contributed by atoms with E-state index in [4.69, 9.17) is 11.6 Å². The van der Waals surface area contributed by atoms with Crippen LogP contribution in [0.5, 0.6) is 0 Å². The zero-order valence-corrected chi connectivity index (χ0v) is 13.4. The van der Waals surface area contributed by atoms with Crippen LogP contribution in [0.25, 0.3) is 0 Å². The second-order valence-corrected chi connectivity index (χ2v) is 6.19. The monoisotopic (exact) mass is 308 g/mol. The summed E-state index contributed by atoms with van der Waals surface area (Å²) >= 11 is 6.05. The number of benzene rings is 1. The maximum absolute atomic E-state index is 12.4. The van der Waals surface area contributed by atoms with E-state index in [-0.39, 0.29) is 17.9 Å². The molecule has 0 radical (unpaired) electrons. The highest BCUT2D eigenvalue weighted by atomic mass is 35.5. The summed E-state index contributed by atoms with van der Waals surface area (Å²) in [5.41, 5.74) is 0.671. The lowest BCUT2D eigenvalue weighted by Crippen LogP contribution is -2.43. The number of carbonyl (C=O) groups excluding carboxylic acids is 2. The summed E-state index contributed by atoms with van der Waals surface area (Å²) in [5, 5.41) is 6.29. The summed E-state index contributed by atoms with van der Waals surface area (Å²) in [4.78, 5) is 24.6. The van der Waals surface area contributed by atoms with E-state index in [9.17, 15) is 9.59 Å². The molecule has 21 heavy (non-hydrogen) atoms. The fraction of sp³-hybridized carbons (Fsp3) is 0.500. The second kappa shape index (κ2) is 6.06. The van der Waals surface area contributed by atoms with Gasteiger partial charge in [-0.15, -0.1) is 0 Å². The molecule has 0 heterocycles. The molecule has 1 atom stereocenters. The quantitative estimate of drug-likeness (QED) is 0.820. The molecular formula is C16H21ClN2O2. The Labute approximate surface area is 130 Å². The SMILES string of the molecule is CCC(C)NC(=O)C1(C(=O)Nc2ccc(C)c(Cl)c2)CC1. The van der Waals surface area contributed by atoms with Crippen molar-refractivity contribution < 1.29 is 9.59 Å². The molecule has 4 nitrogen and oxygen atoms in total. The standard InChI is InChI=1S/C16H21ClN2O2/c1-4-11(3)18-14(20)16(7-8-16)15(21)19-12-6-5-10(2)13(17)9-12/h5-6,9,11H,4,7-8H2,1-3H3,(H,18,20)(H,19,21). The first-order valence-corrected chi connectivity index (χ1v) is 7.65. The predicted molar refractivity (Wildman–Crippen MR) is 84.4 cm³/mol. The van der Waals surface area contributed by atoms with Crippen molar-refractivity contribution in [1.29, 1.82) is 0 Å². The second-order valence-electron chi connectivity index (χ2n) is 5.78. The Balaban J connectivity index is 2.05. The van der Waals surface area contributed by atoms with Crippen molar-refractivity contribution in [1.82, 2.24) is 5.32 Å². The Morgan fingerprint density at radius 2 is 2.00 bits per heavy atom. The highest BCUT2D eigenvalue weighted by Crippen LogP contribution is 2.47. The van der Waals surface area contributed by atoms with Crippen molar-refractivity contribution in [3.63, 3.8) is 0 Å². The van der Waals surface area contributed by atoms with Crippen LogP contribution in [-0.4, -0.2) is 17.9 Å². The predicted octanol–water partition coefficient (Wildman–Crippen LogP) is 3.28. The lowest BCUT2D eigenvalue weighted by Gasteiger charge is -2.18. The van der Waals surface area contributed by atoms with Gasteiger partial charge in [0.05, 0.1) is 0 Å². The van der Waals surface area contributed by atoms with Crippen LogP contribution in [0.4, 0.5) is 5.69 Å². The summed E-state index contributed by atoms with van der Waals surface area (Å²) in [6.07, 6.45) is 2.04. The van der Waals surface area contributed by atoms with E-state index >= 15 is 0 Å². The molecule has 2 rings (SSSR count). The number of carbonyl (C=O) groups is 2. The lowest BCUT2D eigenvalue weighted by molar-refractivity contribution is -0.134. The molecule has 0 saturated heterocycles. The molecular weight excluding hydrogens is 288 g/mol. The van der Waals surface area contributed by atoms with Gasteiger partial charge in [0.25, 0.3) is 0 Å². The average Bonchev–Trinajstić information content (AvgIpc) is 3.24. The van der Waals surface area contributed by atoms with Crippen molar-refractivity contribution in [2.24, 2.45) is 5.41 Å². The van der Waals surface area contributed by atoms with Crippen LogP contribution in [0.3, 0.4) is 0 Å². The molecule has 1 saturated carbocycles. The van der Waals surface area contributed by atoms with Crippen LogP contribution < -0.4 is 10.6 Å². The van der Waals surface area contributed by atoms with Crippen LogP contribution >= 0.6 is 11.6 Å². The van der Waals surface area contributed by atoms with Gasteiger partial charge in [0.2, 0.25) is 11.8 Å². The van der Waals surface area contributed by atoms with Gasteiger partial charge in [-0.2, -0.15) is 0 Å². The first-order valence-electron chi connectivity index (χ1n) is 7.27. The zero-order valence-electron chi connectivity index (χ0n) is 12.6. The molecule has 2 amide bonds. The molecule has 1 aliphatic carbocycles. The van der Waals surface area contributed by atoms with E-state index in [0.29, 0.717) is 23.6 Å². The number of nitrogens with one attached hydrogen (secondary N) is 2. The van der Waals surface area contributed by atoms with Gasteiger partial charge >= 0.3 is 0 Å². The topological polar surface area (TPSA) is 58.2 Å². The zero-order chi connectivity index (χ0) is 15.6. The molecule has 2 N–H and O–H groups in total. The largest absolute Gasteiger partial charge is 0.353 e. The van der Waals surface area contributed by atoms with Gasteiger partial charge in [-0.25, -0.2) is 0 Å². The Kier molecular flexibility index (Phi) is 4.57. The molecule has 5 heteroatoms. The van der Waals surface area contributed by atoms with E-state index in [1.165, 1.54) is 0 Å². The Morgan fingerprint density at radius 1 is 1.33 bits per heavy atom. The first-order chi connectivity index (χ1) is 9.89. The Hall–Kier alpha value is -1.55. The van der Waals surface area contributed by atoms with Crippen LogP contribution in [0, 0.1) is 12.3 Å². The third kappa shape index (κ3) is 3.38. The van der Waals surface area contributed by atoms with Crippen molar-refractivity contribution in [3.8, 4) is 0 Å². The van der Waals surface area contributed by atoms with Gasteiger partial charge in [0.1, 0.15) is 5.41 Å². The van der Waals surface area contributed by atoms with Gasteiger partial charge in [-0.3, -0.25) is 9.59 Å². The summed E-state index contributed by atoms with van der Waals surface area (Å²) in [5.74, 6) is -0.421. The summed E-state index contributed by atoms with van der Waals surface area (Å²) in [6, 6.07) is 5.42. The van der Waals surface area contributed by atoms with Gasteiger partial charge in [-0.1, -0.05) is 24.6 Å². The van der Waals surface area contributed by atoms with Crippen molar-refractivity contribution in [2.45, 2.75) is 46.1 Å². The number of rotatable bonds is 5. The first kappa shape index (κ1) is 15.8. The maximum atomic E-state index is 12.4. The number of halogens is 1. The Morgan fingerprint density at radius 3 is 2.52 bits per heavy atom. The molecule has 1 aliphatic rings. The fourth-order valence-corrected chi connectivity index (χ4v) is 2.25. The number of anilines is 1. The minimum atomic E-state index is -0.902. The van der Waals surface area contributed by atoms with Gasteiger partial charge in [0, 0.05) is 16.8 Å². The molecule has 0 bridgehead atoms. The maximum Gasteiger partial charge on any atom is 0.240 e. The van der Waals surface area contributed by atoms with Crippen LogP contribution in [-0.2, 0) is 9.59 Å². The van der Waals surface area contributed by atoms with Crippen molar-refractivity contribution in [2.75, 3.05) is 5.32 Å². The summed E-state index contributed by atoms with van der Waals surface area (Å²) in [7, 11) is 0. The minimum Gasteiger partial charge on any atom is -0.353 e. The van der Waals surface area contributed by atoms with Gasteiger partial charge in [0.15, 0.2) is 0 Å². The molecule has 0 spiro atoms. The average molecular weight is 309 g/mol. The van der Waals surface area contributed by atoms with E-state index in [0.717, 1.165) is 12.0 Å². The number of hydrogen-bond donors (Lipinski definition) is 2. The smallest absolute Gasteiger partial charge is 0.240 e. The highest BCUT2D eigenvalue weighted by Gasteiger charge is 2.56. The minimum absolute atomic E-state index is 0.0802. The van der Waals surface area contributed by atoms with Crippen LogP contribution in [0.1, 0.15) is 38.7 Å². The summed E-state index contributed by atoms with van der Waals surface area (Å²) in [6.45, 7) is 5.83. The normalized spacial score (nSPS) is 17.0. The molecule has 0 aromatic heterocycles. The number of amides is 2. The van der Waals surface area contributed by atoms with Crippen LogP contribution in [0.15, 0.2) is 18.2 Å². The highest BCUT2D eigenvalue weighted by molar-refractivity contribution is 6.31. The van der Waals surface area contributed by atoms with Gasteiger partial charge < -0.3 is 10.6 Å². The van der Waals surface area contributed by atoms with E-state index < -0.39 is 5.41 Å². The Bertz CT molecular complexity index is 567. The van der Waals surface area contributed by atoms with Gasteiger partial charge in [-0.05, 0) is 50.8 Å². The third-order valence-electron chi connectivity index (χ3n) is 4.04. The third-order valence-corrected chi connectivity index (χ3v) is 4.45. The van der Waals surface area contributed by atoms with E-state index in [1.807, 2.05) is 26.8 Å². The van der Waals surface area contributed by atoms with Crippen molar-refractivity contribution in [3.05, 3.63) is 28.8 Å². The van der Waals surface area contributed by atoms with Crippen LogP contribution in [0.2, 0.25) is 5.02 Å². The molecule has 1 unspecified atom stereocenters. The molecule has 1 fully saturated rings. The summed E-state index contributed by atoms with van der Waals surface area (Å²) < 4.78 is 0. The van der Waals surface area contributed by atoms with E-state index in [1.54, 1.807) is 12.1 Å². The number of aryl methyl sites for hydroxylation is 1. The molecule has 1 aromatic carbocycles.